The number of hydrogen-bond acceptors (Lipinski definition) is 7. The van der Waals surface area contributed by atoms with Gasteiger partial charge in [-0.3, -0.25) is 0 Å². The average Bonchev–Trinajstić information content (AvgIpc) is 3.10. The maximum atomic E-state index is 9.91. The predicted molar refractivity (Wildman–Crippen MR) is 91.5 cm³/mol. The third kappa shape index (κ3) is 3.55. The van der Waals surface area contributed by atoms with Crippen molar-refractivity contribution in [3.8, 4) is 34.4 Å². The van der Waals surface area contributed by atoms with E-state index in [1.807, 2.05) is 0 Å². The fourth-order valence-electron chi connectivity index (χ4n) is 2.21. The van der Waals surface area contributed by atoms with Crippen molar-refractivity contribution in [2.24, 2.45) is 0 Å². The summed E-state index contributed by atoms with van der Waals surface area (Å²) < 4.78 is 15.4. The SMILES string of the molecule is COc1cc(/C=C/c2nc(-c3ccc(O)cc3)no2)cc(OC)c1O. The highest BCUT2D eigenvalue weighted by Crippen LogP contribution is 2.37. The highest BCUT2D eigenvalue weighted by Gasteiger charge is 2.10. The second-order valence-corrected chi connectivity index (χ2v) is 5.11. The first kappa shape index (κ1) is 16.4. The summed E-state index contributed by atoms with van der Waals surface area (Å²) in [5, 5.41) is 23.1. The molecule has 0 aliphatic carbocycles. The van der Waals surface area contributed by atoms with Gasteiger partial charge in [0.15, 0.2) is 11.5 Å². The average molecular weight is 340 g/mol. The molecule has 0 aliphatic rings. The minimum Gasteiger partial charge on any atom is -0.508 e. The van der Waals surface area contributed by atoms with Gasteiger partial charge >= 0.3 is 0 Å². The topological polar surface area (TPSA) is 97.8 Å². The molecule has 0 spiro atoms. The van der Waals surface area contributed by atoms with E-state index in [2.05, 4.69) is 10.1 Å². The summed E-state index contributed by atoms with van der Waals surface area (Å²) in [5.74, 6) is 1.44. The molecule has 3 aromatic rings. The van der Waals surface area contributed by atoms with Crippen LogP contribution in [0.15, 0.2) is 40.9 Å². The molecule has 2 N–H and O–H groups in total. The van der Waals surface area contributed by atoms with Gasteiger partial charge in [-0.2, -0.15) is 4.98 Å². The predicted octanol–water partition coefficient (Wildman–Crippen LogP) is 3.34. The van der Waals surface area contributed by atoms with Crippen LogP contribution >= 0.6 is 0 Å². The summed E-state index contributed by atoms with van der Waals surface area (Å²) in [6, 6.07) is 9.82. The zero-order valence-corrected chi connectivity index (χ0v) is 13.6. The van der Waals surface area contributed by atoms with E-state index in [-0.39, 0.29) is 11.5 Å². The standard InChI is InChI=1S/C18H16N2O5/c1-23-14-9-11(10-15(24-2)17(14)22)3-8-16-19-18(20-25-16)12-4-6-13(21)7-5-12/h3-10,21-22H,1-2H3/b8-3+. The van der Waals surface area contributed by atoms with Crippen LogP contribution in [0.2, 0.25) is 0 Å². The summed E-state index contributed by atoms with van der Waals surface area (Å²) in [6.45, 7) is 0. The molecule has 3 rings (SSSR count). The molecule has 1 heterocycles. The lowest BCUT2D eigenvalue weighted by atomic mass is 10.1. The molecule has 1 aromatic heterocycles. The molecule has 2 aromatic carbocycles. The van der Waals surface area contributed by atoms with Crippen LogP contribution < -0.4 is 9.47 Å². The van der Waals surface area contributed by atoms with Gasteiger partial charge in [-0.05, 0) is 48.0 Å². The Morgan fingerprint density at radius 2 is 1.60 bits per heavy atom. The van der Waals surface area contributed by atoms with E-state index in [1.54, 1.807) is 48.6 Å². The molecule has 7 heteroatoms. The quantitative estimate of drug-likeness (QED) is 0.735. The van der Waals surface area contributed by atoms with Gasteiger partial charge in [-0.1, -0.05) is 5.16 Å². The Hall–Kier alpha value is -3.48. The molecule has 0 atom stereocenters. The first-order chi connectivity index (χ1) is 12.1. The van der Waals surface area contributed by atoms with Crippen LogP contribution in [0, 0.1) is 0 Å². The second-order valence-electron chi connectivity index (χ2n) is 5.11. The molecular formula is C18H16N2O5. The molecule has 25 heavy (non-hydrogen) atoms. The zero-order chi connectivity index (χ0) is 17.8. The second kappa shape index (κ2) is 6.96. The lowest BCUT2D eigenvalue weighted by Gasteiger charge is -2.09. The number of phenolic OH excluding ortho intramolecular Hbond substituents is 2. The van der Waals surface area contributed by atoms with Crippen LogP contribution in [0.25, 0.3) is 23.5 Å². The van der Waals surface area contributed by atoms with Gasteiger partial charge in [0.2, 0.25) is 11.6 Å². The molecular weight excluding hydrogens is 324 g/mol. The van der Waals surface area contributed by atoms with Crippen LogP contribution in [0.1, 0.15) is 11.5 Å². The molecule has 0 unspecified atom stereocenters. The summed E-state index contributed by atoms with van der Waals surface area (Å²) in [7, 11) is 2.92. The Balaban J connectivity index is 1.84. The smallest absolute Gasteiger partial charge is 0.250 e. The van der Waals surface area contributed by atoms with Crippen molar-refractivity contribution >= 4 is 12.2 Å². The first-order valence-electron chi connectivity index (χ1n) is 7.37. The van der Waals surface area contributed by atoms with Crippen molar-refractivity contribution in [2.75, 3.05) is 14.2 Å². The van der Waals surface area contributed by atoms with Crippen LogP contribution in [0.5, 0.6) is 23.0 Å². The van der Waals surface area contributed by atoms with Crippen molar-refractivity contribution in [1.29, 1.82) is 0 Å². The van der Waals surface area contributed by atoms with Crippen molar-refractivity contribution < 1.29 is 24.2 Å². The molecule has 0 saturated heterocycles. The molecule has 0 amide bonds. The van der Waals surface area contributed by atoms with E-state index < -0.39 is 0 Å². The van der Waals surface area contributed by atoms with E-state index in [1.165, 1.54) is 14.2 Å². The van der Waals surface area contributed by atoms with Crippen molar-refractivity contribution in [3.63, 3.8) is 0 Å². The fraction of sp³-hybridized carbons (Fsp3) is 0.111. The van der Waals surface area contributed by atoms with E-state index in [0.717, 1.165) is 11.1 Å². The van der Waals surface area contributed by atoms with E-state index in [0.29, 0.717) is 23.2 Å². The van der Waals surface area contributed by atoms with E-state index in [9.17, 15) is 10.2 Å². The number of aromatic nitrogens is 2. The molecule has 0 fully saturated rings. The van der Waals surface area contributed by atoms with Crippen LogP contribution in [-0.4, -0.2) is 34.6 Å². The van der Waals surface area contributed by atoms with Crippen LogP contribution in [0.3, 0.4) is 0 Å². The number of aromatic hydroxyl groups is 2. The Bertz CT molecular complexity index is 875. The highest BCUT2D eigenvalue weighted by atomic mass is 16.5. The van der Waals surface area contributed by atoms with Gasteiger partial charge in [0.1, 0.15) is 5.75 Å². The Morgan fingerprint density at radius 3 is 2.20 bits per heavy atom. The summed E-state index contributed by atoms with van der Waals surface area (Å²) in [5.41, 5.74) is 1.46. The van der Waals surface area contributed by atoms with Gasteiger partial charge in [0.05, 0.1) is 14.2 Å². The minimum absolute atomic E-state index is 0.0606. The highest BCUT2D eigenvalue weighted by molar-refractivity contribution is 5.70. The Kier molecular flexibility index (Phi) is 4.56. The fourth-order valence-corrected chi connectivity index (χ4v) is 2.21. The summed E-state index contributed by atoms with van der Waals surface area (Å²) in [6.07, 6.45) is 3.38. The third-order valence-electron chi connectivity index (χ3n) is 3.49. The molecule has 0 radical (unpaired) electrons. The molecule has 0 bridgehead atoms. The number of hydrogen-bond donors (Lipinski definition) is 2. The normalized spacial score (nSPS) is 11.0. The third-order valence-corrected chi connectivity index (χ3v) is 3.49. The number of phenols is 2. The minimum atomic E-state index is -0.0606. The summed E-state index contributed by atoms with van der Waals surface area (Å²) >= 11 is 0. The monoisotopic (exact) mass is 340 g/mol. The maximum Gasteiger partial charge on any atom is 0.250 e. The van der Waals surface area contributed by atoms with Crippen LogP contribution in [0.4, 0.5) is 0 Å². The molecule has 7 nitrogen and oxygen atoms in total. The largest absolute Gasteiger partial charge is 0.508 e. The van der Waals surface area contributed by atoms with Gasteiger partial charge in [-0.25, -0.2) is 0 Å². The lowest BCUT2D eigenvalue weighted by Crippen LogP contribution is -1.90. The molecule has 128 valence electrons. The molecule has 0 saturated carbocycles. The number of nitrogens with zero attached hydrogens (tertiary/aromatic N) is 2. The van der Waals surface area contributed by atoms with Crippen molar-refractivity contribution in [3.05, 3.63) is 47.9 Å². The van der Waals surface area contributed by atoms with E-state index >= 15 is 0 Å². The van der Waals surface area contributed by atoms with Gasteiger partial charge in [0, 0.05) is 11.6 Å². The Morgan fingerprint density at radius 1 is 0.960 bits per heavy atom. The Labute approximate surface area is 143 Å². The van der Waals surface area contributed by atoms with Gasteiger partial charge in [0.25, 0.3) is 5.89 Å². The van der Waals surface area contributed by atoms with E-state index in [4.69, 9.17) is 14.0 Å². The van der Waals surface area contributed by atoms with Crippen LogP contribution in [-0.2, 0) is 0 Å². The number of benzene rings is 2. The maximum absolute atomic E-state index is 9.91. The molecule has 0 aliphatic heterocycles. The summed E-state index contributed by atoms with van der Waals surface area (Å²) in [4.78, 5) is 4.27. The lowest BCUT2D eigenvalue weighted by molar-refractivity contribution is 0.340. The number of rotatable bonds is 5. The number of ether oxygens (including phenoxy) is 2. The number of methoxy groups -OCH3 is 2. The van der Waals surface area contributed by atoms with Crippen molar-refractivity contribution in [1.82, 2.24) is 10.1 Å². The first-order valence-corrected chi connectivity index (χ1v) is 7.37. The van der Waals surface area contributed by atoms with Gasteiger partial charge in [-0.15, -0.1) is 0 Å². The van der Waals surface area contributed by atoms with Gasteiger partial charge < -0.3 is 24.2 Å². The zero-order valence-electron chi connectivity index (χ0n) is 13.6. The van der Waals surface area contributed by atoms with Crippen molar-refractivity contribution in [2.45, 2.75) is 0 Å².